The highest BCUT2D eigenvalue weighted by Gasteiger charge is 2.07. The maximum Gasteiger partial charge on any atom is 0.124 e. The molecule has 0 heterocycles. The van der Waals surface area contributed by atoms with E-state index in [-0.39, 0.29) is 0 Å². The normalized spacial score (nSPS) is 10.5. The molecule has 3 aromatic carbocycles. The predicted octanol–water partition coefficient (Wildman–Crippen LogP) is 6.95. The molecular formula is C20H16BrCl2NO. The van der Waals surface area contributed by atoms with Gasteiger partial charge in [-0.1, -0.05) is 57.3 Å². The second kappa shape index (κ2) is 8.61. The van der Waals surface area contributed by atoms with Crippen LogP contribution < -0.4 is 10.1 Å². The number of nitrogens with one attached hydrogen (secondary N) is 1. The van der Waals surface area contributed by atoms with Gasteiger partial charge in [0.1, 0.15) is 12.4 Å². The Morgan fingerprint density at radius 2 is 1.64 bits per heavy atom. The summed E-state index contributed by atoms with van der Waals surface area (Å²) in [5.41, 5.74) is 3.02. The molecule has 0 aliphatic heterocycles. The van der Waals surface area contributed by atoms with Crippen LogP contribution in [0.3, 0.4) is 0 Å². The minimum Gasteiger partial charge on any atom is -0.488 e. The Morgan fingerprint density at radius 1 is 0.880 bits per heavy atom. The van der Waals surface area contributed by atoms with Gasteiger partial charge in [-0.2, -0.15) is 0 Å². The lowest BCUT2D eigenvalue weighted by atomic mass is 10.2. The molecule has 0 fully saturated rings. The Bertz CT molecular complexity index is 853. The van der Waals surface area contributed by atoms with Gasteiger partial charge < -0.3 is 10.1 Å². The van der Waals surface area contributed by atoms with Crippen LogP contribution in [0.5, 0.6) is 5.75 Å². The lowest BCUT2D eigenvalue weighted by Crippen LogP contribution is -2.04. The number of hydrogen-bond acceptors (Lipinski definition) is 2. The van der Waals surface area contributed by atoms with Crippen LogP contribution in [0.1, 0.15) is 11.1 Å². The molecule has 0 atom stereocenters. The average molecular weight is 437 g/mol. The molecule has 0 saturated carbocycles. The third-order valence-corrected chi connectivity index (χ3v) is 4.80. The van der Waals surface area contributed by atoms with Crippen LogP contribution in [-0.2, 0) is 13.2 Å². The largest absolute Gasteiger partial charge is 0.488 e. The molecule has 0 bridgehead atoms. The van der Waals surface area contributed by atoms with Gasteiger partial charge in [0.2, 0.25) is 0 Å². The van der Waals surface area contributed by atoms with Crippen molar-refractivity contribution in [2.24, 2.45) is 0 Å². The first-order chi connectivity index (χ1) is 12.1. The summed E-state index contributed by atoms with van der Waals surface area (Å²) in [7, 11) is 0. The lowest BCUT2D eigenvalue weighted by Gasteiger charge is -2.14. The van der Waals surface area contributed by atoms with Crippen molar-refractivity contribution in [2.45, 2.75) is 13.2 Å². The fourth-order valence-electron chi connectivity index (χ4n) is 2.36. The summed E-state index contributed by atoms with van der Waals surface area (Å²) < 4.78 is 7.01. The summed E-state index contributed by atoms with van der Waals surface area (Å²) in [6.07, 6.45) is 0. The summed E-state index contributed by atoms with van der Waals surface area (Å²) >= 11 is 15.6. The topological polar surface area (TPSA) is 21.3 Å². The van der Waals surface area contributed by atoms with Crippen molar-refractivity contribution >= 4 is 44.8 Å². The minimum atomic E-state index is 0.426. The summed E-state index contributed by atoms with van der Waals surface area (Å²) in [6, 6.07) is 21.3. The standard InChI is InChI=1S/C20H16BrCl2NO/c21-16-5-10-20(25-13-14-3-1-2-4-19(14)23)15(11-16)12-24-18-8-6-17(22)7-9-18/h1-11,24H,12-13H2. The molecule has 0 amide bonds. The van der Waals surface area contributed by atoms with Gasteiger partial charge in [-0.05, 0) is 48.5 Å². The third-order valence-electron chi connectivity index (χ3n) is 3.69. The highest BCUT2D eigenvalue weighted by Crippen LogP contribution is 2.26. The van der Waals surface area contributed by atoms with Crippen LogP contribution in [0.4, 0.5) is 5.69 Å². The summed E-state index contributed by atoms with van der Waals surface area (Å²) in [5, 5.41) is 4.81. The second-order valence-electron chi connectivity index (χ2n) is 5.49. The van der Waals surface area contributed by atoms with E-state index in [2.05, 4.69) is 21.2 Å². The molecule has 1 N–H and O–H groups in total. The van der Waals surface area contributed by atoms with E-state index < -0.39 is 0 Å². The van der Waals surface area contributed by atoms with Crippen molar-refractivity contribution in [3.05, 3.63) is 92.4 Å². The number of rotatable bonds is 6. The number of halogens is 3. The average Bonchev–Trinajstić information content (AvgIpc) is 2.62. The fourth-order valence-corrected chi connectivity index (χ4v) is 3.09. The molecule has 128 valence electrons. The molecule has 0 radical (unpaired) electrons. The van der Waals surface area contributed by atoms with E-state index in [1.807, 2.05) is 66.7 Å². The molecule has 2 nitrogen and oxygen atoms in total. The maximum absolute atomic E-state index is 6.20. The molecule has 0 spiro atoms. The van der Waals surface area contributed by atoms with Crippen molar-refractivity contribution in [3.63, 3.8) is 0 Å². The lowest BCUT2D eigenvalue weighted by molar-refractivity contribution is 0.303. The zero-order valence-electron chi connectivity index (χ0n) is 13.3. The van der Waals surface area contributed by atoms with E-state index in [0.717, 1.165) is 32.1 Å². The Labute approximate surface area is 165 Å². The van der Waals surface area contributed by atoms with Crippen molar-refractivity contribution in [1.29, 1.82) is 0 Å². The first-order valence-corrected chi connectivity index (χ1v) is 9.31. The van der Waals surface area contributed by atoms with E-state index in [1.54, 1.807) is 0 Å². The van der Waals surface area contributed by atoms with Gasteiger partial charge in [0.15, 0.2) is 0 Å². The van der Waals surface area contributed by atoms with Gasteiger partial charge in [-0.15, -0.1) is 0 Å². The summed E-state index contributed by atoms with van der Waals surface area (Å²) in [5.74, 6) is 0.824. The van der Waals surface area contributed by atoms with Crippen molar-refractivity contribution < 1.29 is 4.74 Å². The highest BCUT2D eigenvalue weighted by molar-refractivity contribution is 9.10. The van der Waals surface area contributed by atoms with Gasteiger partial charge >= 0.3 is 0 Å². The van der Waals surface area contributed by atoms with Crippen molar-refractivity contribution in [1.82, 2.24) is 0 Å². The van der Waals surface area contributed by atoms with Crippen LogP contribution in [0.2, 0.25) is 10.0 Å². The highest BCUT2D eigenvalue weighted by atomic mass is 79.9. The first-order valence-electron chi connectivity index (χ1n) is 7.76. The predicted molar refractivity (Wildman–Crippen MR) is 109 cm³/mol. The van der Waals surface area contributed by atoms with Crippen LogP contribution >= 0.6 is 39.1 Å². The van der Waals surface area contributed by atoms with Gasteiger partial charge in [-0.25, -0.2) is 0 Å². The third kappa shape index (κ3) is 5.15. The number of benzene rings is 3. The molecule has 0 aliphatic rings. The van der Waals surface area contributed by atoms with Gasteiger partial charge in [-0.3, -0.25) is 0 Å². The number of hydrogen-bond donors (Lipinski definition) is 1. The zero-order valence-corrected chi connectivity index (χ0v) is 16.4. The summed E-state index contributed by atoms with van der Waals surface area (Å²) in [6.45, 7) is 1.06. The Morgan fingerprint density at radius 3 is 2.40 bits per heavy atom. The number of anilines is 1. The molecule has 25 heavy (non-hydrogen) atoms. The molecular weight excluding hydrogens is 421 g/mol. The number of ether oxygens (including phenoxy) is 1. The maximum atomic E-state index is 6.20. The first kappa shape index (κ1) is 18.1. The Kier molecular flexibility index (Phi) is 6.24. The Hall–Kier alpha value is -1.68. The van der Waals surface area contributed by atoms with Crippen LogP contribution in [0.25, 0.3) is 0 Å². The van der Waals surface area contributed by atoms with Gasteiger partial charge in [0.25, 0.3) is 0 Å². The molecule has 5 heteroatoms. The van der Waals surface area contributed by atoms with Crippen LogP contribution in [-0.4, -0.2) is 0 Å². The van der Waals surface area contributed by atoms with E-state index in [4.69, 9.17) is 27.9 Å². The van der Waals surface area contributed by atoms with Crippen molar-refractivity contribution in [3.8, 4) is 5.75 Å². The van der Waals surface area contributed by atoms with E-state index in [9.17, 15) is 0 Å². The van der Waals surface area contributed by atoms with E-state index >= 15 is 0 Å². The summed E-state index contributed by atoms with van der Waals surface area (Å²) in [4.78, 5) is 0. The molecule has 0 saturated heterocycles. The SMILES string of the molecule is Clc1ccc(NCc2cc(Br)ccc2OCc2ccccc2Cl)cc1. The molecule has 0 unspecified atom stereocenters. The molecule has 0 aliphatic carbocycles. The monoisotopic (exact) mass is 435 g/mol. The second-order valence-corrected chi connectivity index (χ2v) is 7.25. The van der Waals surface area contributed by atoms with Crippen molar-refractivity contribution in [2.75, 3.05) is 5.32 Å². The quantitative estimate of drug-likeness (QED) is 0.451. The van der Waals surface area contributed by atoms with Gasteiger partial charge in [0.05, 0.1) is 0 Å². The molecule has 3 rings (SSSR count). The van der Waals surface area contributed by atoms with Gasteiger partial charge in [0, 0.05) is 37.9 Å². The smallest absolute Gasteiger partial charge is 0.124 e. The Balaban J connectivity index is 1.71. The molecule has 3 aromatic rings. The fraction of sp³-hybridized carbons (Fsp3) is 0.100. The zero-order chi connectivity index (χ0) is 17.6. The van der Waals surface area contributed by atoms with Crippen LogP contribution in [0.15, 0.2) is 71.2 Å². The van der Waals surface area contributed by atoms with E-state index in [0.29, 0.717) is 18.2 Å². The molecule has 0 aromatic heterocycles. The van der Waals surface area contributed by atoms with Crippen LogP contribution in [0, 0.1) is 0 Å². The van der Waals surface area contributed by atoms with E-state index in [1.165, 1.54) is 0 Å². The minimum absolute atomic E-state index is 0.426.